The molecule has 3 aliphatic rings. The number of carbonyl (C=O) groups excluding carboxylic acids is 1. The second kappa shape index (κ2) is 13.8. The van der Waals surface area contributed by atoms with Gasteiger partial charge in [0.1, 0.15) is 31.3 Å². The Labute approximate surface area is 279 Å². The summed E-state index contributed by atoms with van der Waals surface area (Å²) in [5, 5.41) is 15.7. The lowest BCUT2D eigenvalue weighted by Crippen LogP contribution is -2.50. The molecule has 0 spiro atoms. The molecular weight excluding hydrogens is 614 g/mol. The van der Waals surface area contributed by atoms with E-state index in [9.17, 15) is 9.59 Å². The lowest BCUT2D eigenvalue weighted by molar-refractivity contribution is -0.223. The molecule has 4 atom stereocenters. The topological polar surface area (TPSA) is 134 Å². The molecule has 4 aromatic rings. The number of piperidine rings is 1. The number of hydrogen-bond donors (Lipinski definition) is 1. The zero-order valence-corrected chi connectivity index (χ0v) is 27.5. The Morgan fingerprint density at radius 1 is 0.938 bits per heavy atom. The SMILES string of the molecule is CCC(C)n1ncn(-c2ccc(N3CCN(c4ccc(OC[C@@H]5CO[C@@](Cn6nccn6)(C6CCNC(=O)C6)O5)cc4)CC3)cc2)c1=O. The minimum atomic E-state index is -0.977. The van der Waals surface area contributed by atoms with E-state index in [0.717, 1.165) is 61.8 Å². The number of hydrogen-bond acceptors (Lipinski definition) is 10. The number of ether oxygens (including phenoxy) is 3. The van der Waals surface area contributed by atoms with Crippen molar-refractivity contribution in [1.29, 1.82) is 0 Å². The van der Waals surface area contributed by atoms with Gasteiger partial charge in [-0.1, -0.05) is 6.92 Å². The van der Waals surface area contributed by atoms with E-state index in [0.29, 0.717) is 32.7 Å². The van der Waals surface area contributed by atoms with Crippen LogP contribution in [-0.2, 0) is 20.8 Å². The van der Waals surface area contributed by atoms with Gasteiger partial charge in [-0.15, -0.1) is 0 Å². The number of nitrogens with zero attached hydrogens (tertiary/aromatic N) is 8. The third kappa shape index (κ3) is 6.67. The van der Waals surface area contributed by atoms with Crippen molar-refractivity contribution in [2.45, 2.75) is 57.6 Å². The Morgan fingerprint density at radius 3 is 2.23 bits per heavy atom. The van der Waals surface area contributed by atoms with Gasteiger partial charge in [-0.2, -0.15) is 20.1 Å². The predicted molar refractivity (Wildman–Crippen MR) is 179 cm³/mol. The van der Waals surface area contributed by atoms with Gasteiger partial charge in [0, 0.05) is 56.4 Å². The summed E-state index contributed by atoms with van der Waals surface area (Å²) in [6.45, 7) is 9.22. The van der Waals surface area contributed by atoms with E-state index in [2.05, 4.69) is 54.7 Å². The first kappa shape index (κ1) is 31.9. The molecule has 0 radical (unpaired) electrons. The molecule has 254 valence electrons. The summed E-state index contributed by atoms with van der Waals surface area (Å²) in [5.74, 6) is -0.311. The summed E-state index contributed by atoms with van der Waals surface area (Å²) in [4.78, 5) is 31.3. The van der Waals surface area contributed by atoms with Gasteiger partial charge < -0.3 is 29.3 Å². The summed E-state index contributed by atoms with van der Waals surface area (Å²) in [6.07, 6.45) is 6.51. The normalized spacial score (nSPS) is 23.7. The molecule has 5 heterocycles. The summed E-state index contributed by atoms with van der Waals surface area (Å²) in [5.41, 5.74) is 2.99. The highest BCUT2D eigenvalue weighted by molar-refractivity contribution is 5.77. The molecule has 2 aromatic carbocycles. The maximum Gasteiger partial charge on any atom is 0.350 e. The maximum atomic E-state index is 12.8. The molecule has 0 saturated carbocycles. The van der Waals surface area contributed by atoms with E-state index in [4.69, 9.17) is 14.2 Å². The number of nitrogens with one attached hydrogen (secondary N) is 1. The third-order valence-corrected chi connectivity index (χ3v) is 9.69. The fraction of sp³-hybridized carbons (Fsp3) is 0.500. The van der Waals surface area contributed by atoms with Crippen LogP contribution in [0.5, 0.6) is 5.75 Å². The van der Waals surface area contributed by atoms with Crippen LogP contribution in [0.15, 0.2) is 72.0 Å². The van der Waals surface area contributed by atoms with Crippen LogP contribution in [0.1, 0.15) is 39.2 Å². The van der Waals surface area contributed by atoms with E-state index in [1.165, 1.54) is 0 Å². The van der Waals surface area contributed by atoms with Gasteiger partial charge in [-0.05, 0) is 68.3 Å². The quantitative estimate of drug-likeness (QED) is 0.257. The van der Waals surface area contributed by atoms with Crippen molar-refractivity contribution in [3.8, 4) is 11.4 Å². The molecular formula is C34H43N9O5. The lowest BCUT2D eigenvalue weighted by Gasteiger charge is -2.37. The van der Waals surface area contributed by atoms with Crippen molar-refractivity contribution in [2.75, 3.05) is 55.7 Å². The van der Waals surface area contributed by atoms with Gasteiger partial charge >= 0.3 is 5.69 Å². The Hall–Kier alpha value is -4.69. The Bertz CT molecular complexity index is 1710. The maximum absolute atomic E-state index is 12.8. The fourth-order valence-corrected chi connectivity index (χ4v) is 6.73. The number of aromatic nitrogens is 6. The second-order valence-corrected chi connectivity index (χ2v) is 12.7. The molecule has 2 unspecified atom stereocenters. The fourth-order valence-electron chi connectivity index (χ4n) is 6.73. The average Bonchev–Trinajstić information content (AvgIpc) is 3.89. The minimum absolute atomic E-state index is 0.00220. The molecule has 14 nitrogen and oxygen atoms in total. The highest BCUT2D eigenvalue weighted by Gasteiger charge is 2.50. The molecule has 0 aliphatic carbocycles. The van der Waals surface area contributed by atoms with Crippen LogP contribution in [-0.4, -0.2) is 93.1 Å². The summed E-state index contributed by atoms with van der Waals surface area (Å²) in [7, 11) is 0. The van der Waals surface area contributed by atoms with Gasteiger partial charge in [-0.3, -0.25) is 4.79 Å². The van der Waals surface area contributed by atoms with Gasteiger partial charge in [0.05, 0.1) is 30.7 Å². The smallest absolute Gasteiger partial charge is 0.350 e. The number of benzene rings is 2. The highest BCUT2D eigenvalue weighted by atomic mass is 16.8. The molecule has 48 heavy (non-hydrogen) atoms. The number of rotatable bonds is 11. The highest BCUT2D eigenvalue weighted by Crippen LogP contribution is 2.38. The molecule has 1 N–H and O–H groups in total. The molecule has 3 fully saturated rings. The van der Waals surface area contributed by atoms with Crippen molar-refractivity contribution in [2.24, 2.45) is 5.92 Å². The number of carbonyl (C=O) groups is 1. The van der Waals surface area contributed by atoms with Crippen LogP contribution >= 0.6 is 0 Å². The standard InChI is InChI=1S/C34H43N9O5/c1-3-25(2)43-33(45)41(24-38-43)29-6-4-27(5-7-29)39-16-18-40(19-17-39)28-8-10-30(11-9-28)46-21-31-22-47-34(48-31,23-42-36-14-15-37-42)26-12-13-35-32(44)20-26/h4-11,14-15,24-26,31H,3,12-13,16-23H2,1-2H3,(H,35,44)/t25?,26?,31-,34-/m1/s1. The molecule has 7 rings (SSSR count). The molecule has 3 aliphatic heterocycles. The van der Waals surface area contributed by atoms with E-state index < -0.39 is 5.79 Å². The zero-order chi connectivity index (χ0) is 33.1. The largest absolute Gasteiger partial charge is 0.491 e. The van der Waals surface area contributed by atoms with Gasteiger partial charge in [-0.25, -0.2) is 14.0 Å². The van der Waals surface area contributed by atoms with Gasteiger partial charge in [0.15, 0.2) is 5.79 Å². The van der Waals surface area contributed by atoms with Crippen molar-refractivity contribution in [1.82, 2.24) is 34.7 Å². The predicted octanol–water partition coefficient (Wildman–Crippen LogP) is 2.64. The monoisotopic (exact) mass is 657 g/mol. The van der Waals surface area contributed by atoms with Crippen LogP contribution in [0.2, 0.25) is 0 Å². The lowest BCUT2D eigenvalue weighted by atomic mass is 9.88. The van der Waals surface area contributed by atoms with E-state index in [1.807, 2.05) is 38.1 Å². The first-order chi connectivity index (χ1) is 23.4. The number of anilines is 2. The summed E-state index contributed by atoms with van der Waals surface area (Å²) >= 11 is 0. The number of piperazine rings is 1. The van der Waals surface area contributed by atoms with Crippen LogP contribution in [0.25, 0.3) is 5.69 Å². The zero-order valence-electron chi connectivity index (χ0n) is 27.5. The third-order valence-electron chi connectivity index (χ3n) is 9.69. The average molecular weight is 658 g/mol. The number of amides is 1. The van der Waals surface area contributed by atoms with Crippen LogP contribution in [0.4, 0.5) is 11.4 Å². The Balaban J connectivity index is 0.907. The second-order valence-electron chi connectivity index (χ2n) is 12.7. The van der Waals surface area contributed by atoms with Crippen LogP contribution in [0.3, 0.4) is 0 Å². The van der Waals surface area contributed by atoms with Gasteiger partial charge in [0.2, 0.25) is 5.91 Å². The summed E-state index contributed by atoms with van der Waals surface area (Å²) in [6, 6.07) is 16.4. The van der Waals surface area contributed by atoms with Crippen molar-refractivity contribution >= 4 is 17.3 Å². The Morgan fingerprint density at radius 2 is 1.58 bits per heavy atom. The van der Waals surface area contributed by atoms with Crippen molar-refractivity contribution in [3.63, 3.8) is 0 Å². The van der Waals surface area contributed by atoms with Crippen LogP contribution in [0, 0.1) is 5.92 Å². The van der Waals surface area contributed by atoms with Gasteiger partial charge in [0.25, 0.3) is 0 Å². The van der Waals surface area contributed by atoms with E-state index in [1.54, 1.807) is 32.8 Å². The molecule has 14 heteroatoms. The first-order valence-electron chi connectivity index (χ1n) is 16.8. The van der Waals surface area contributed by atoms with Crippen LogP contribution < -0.4 is 25.5 Å². The molecule has 3 saturated heterocycles. The molecule has 2 aromatic heterocycles. The van der Waals surface area contributed by atoms with E-state index >= 15 is 0 Å². The minimum Gasteiger partial charge on any atom is -0.491 e. The van der Waals surface area contributed by atoms with Crippen molar-refractivity contribution < 1.29 is 19.0 Å². The Kier molecular flexibility index (Phi) is 9.17. The first-order valence-corrected chi connectivity index (χ1v) is 16.8. The molecule has 1 amide bonds. The van der Waals surface area contributed by atoms with Crippen molar-refractivity contribution in [3.05, 3.63) is 77.7 Å². The summed E-state index contributed by atoms with van der Waals surface area (Å²) < 4.78 is 22.0. The van der Waals surface area contributed by atoms with E-state index in [-0.39, 0.29) is 29.7 Å². The molecule has 0 bridgehead atoms.